The first-order valence-corrected chi connectivity index (χ1v) is 11.9. The molecule has 1 heterocycles. The minimum atomic E-state index is -0.498. The Hall–Kier alpha value is -3.88. The summed E-state index contributed by atoms with van der Waals surface area (Å²) < 4.78 is 17.0. The van der Waals surface area contributed by atoms with Crippen molar-refractivity contribution < 1.29 is 23.8 Å². The summed E-state index contributed by atoms with van der Waals surface area (Å²) in [4.78, 5) is 41.1. The quantitative estimate of drug-likeness (QED) is 0.384. The number of benzene rings is 2. The van der Waals surface area contributed by atoms with Crippen LogP contribution in [0.25, 0.3) is 10.9 Å². The van der Waals surface area contributed by atoms with Crippen molar-refractivity contribution in [1.29, 1.82) is 0 Å². The van der Waals surface area contributed by atoms with Gasteiger partial charge in [-0.05, 0) is 36.0 Å². The minimum absolute atomic E-state index is 0.0753. The summed E-state index contributed by atoms with van der Waals surface area (Å²) in [7, 11) is 3.01. The molecule has 9 nitrogen and oxygen atoms in total. The molecule has 0 atom stereocenters. The van der Waals surface area contributed by atoms with E-state index in [0.29, 0.717) is 47.7 Å². The Morgan fingerprint density at radius 3 is 2.42 bits per heavy atom. The molecule has 36 heavy (non-hydrogen) atoms. The number of esters is 1. The number of hydrogen-bond acceptors (Lipinski definition) is 7. The van der Waals surface area contributed by atoms with Crippen LogP contribution >= 0.6 is 0 Å². The highest BCUT2D eigenvalue weighted by molar-refractivity contribution is 5.82. The smallest absolute Gasteiger partial charge is 0.306 e. The van der Waals surface area contributed by atoms with E-state index in [2.05, 4.69) is 48.4 Å². The molecule has 192 valence electrons. The Balaban J connectivity index is 1.40. The molecule has 3 aromatic rings. The Kier molecular flexibility index (Phi) is 9.44. The Bertz CT molecular complexity index is 1250. The zero-order valence-electron chi connectivity index (χ0n) is 21.2. The topological polar surface area (TPSA) is 109 Å². The second kappa shape index (κ2) is 12.7. The largest absolute Gasteiger partial charge is 0.493 e. The molecule has 0 aliphatic carbocycles. The van der Waals surface area contributed by atoms with Crippen LogP contribution in [0.4, 0.5) is 0 Å². The van der Waals surface area contributed by atoms with Crippen molar-refractivity contribution in [2.75, 3.05) is 27.4 Å². The number of methoxy groups -OCH3 is 2. The number of carbonyl (C=O) groups excluding carboxylic acids is 2. The fourth-order valence-electron chi connectivity index (χ4n) is 3.72. The highest BCUT2D eigenvalue weighted by atomic mass is 16.5. The molecule has 1 aromatic heterocycles. The van der Waals surface area contributed by atoms with E-state index >= 15 is 0 Å². The summed E-state index contributed by atoms with van der Waals surface area (Å²) in [6.07, 6.45) is 2.58. The van der Waals surface area contributed by atoms with Crippen molar-refractivity contribution >= 4 is 22.8 Å². The second-order valence-corrected chi connectivity index (χ2v) is 8.73. The van der Waals surface area contributed by atoms with Gasteiger partial charge in [0.25, 0.3) is 11.5 Å². The average Bonchev–Trinajstić information content (AvgIpc) is 2.88. The number of amides is 1. The standard InChI is InChI=1S/C27H33N3O6/c1-18(2)20-9-7-19(8-10-20)11-12-28-25(31)16-36-26(32)6-5-13-30-17-29-22-15-24(35-4)23(34-3)14-21(22)27(30)33/h7-10,14-15,17-18H,5-6,11-13,16H2,1-4H3,(H,28,31). The summed E-state index contributed by atoms with van der Waals surface area (Å²) in [6, 6.07) is 11.5. The van der Waals surface area contributed by atoms with Gasteiger partial charge in [-0.2, -0.15) is 0 Å². The van der Waals surface area contributed by atoms with E-state index in [1.807, 2.05) is 0 Å². The van der Waals surface area contributed by atoms with E-state index < -0.39 is 5.97 Å². The Morgan fingerprint density at radius 2 is 1.75 bits per heavy atom. The minimum Gasteiger partial charge on any atom is -0.493 e. The number of rotatable bonds is 12. The SMILES string of the molecule is COc1cc2ncn(CCCC(=O)OCC(=O)NCCc3ccc(C(C)C)cc3)c(=O)c2cc1OC. The van der Waals surface area contributed by atoms with Gasteiger partial charge in [0, 0.05) is 25.6 Å². The molecule has 2 aromatic carbocycles. The van der Waals surface area contributed by atoms with Gasteiger partial charge in [0.2, 0.25) is 0 Å². The number of nitrogens with one attached hydrogen (secondary N) is 1. The van der Waals surface area contributed by atoms with E-state index in [-0.39, 0.29) is 31.0 Å². The van der Waals surface area contributed by atoms with E-state index in [1.54, 1.807) is 12.1 Å². The van der Waals surface area contributed by atoms with Crippen molar-refractivity contribution in [2.24, 2.45) is 0 Å². The maximum absolute atomic E-state index is 12.8. The van der Waals surface area contributed by atoms with Gasteiger partial charge in [-0.1, -0.05) is 38.1 Å². The fourth-order valence-corrected chi connectivity index (χ4v) is 3.72. The van der Waals surface area contributed by atoms with Crippen LogP contribution in [0, 0.1) is 0 Å². The van der Waals surface area contributed by atoms with Crippen LogP contribution in [0.1, 0.15) is 43.7 Å². The van der Waals surface area contributed by atoms with Gasteiger partial charge in [0.1, 0.15) is 0 Å². The predicted molar refractivity (Wildman–Crippen MR) is 137 cm³/mol. The van der Waals surface area contributed by atoms with Gasteiger partial charge in [0.15, 0.2) is 18.1 Å². The molecule has 9 heteroatoms. The maximum atomic E-state index is 12.8. The Labute approximate surface area is 210 Å². The predicted octanol–water partition coefficient (Wildman–Crippen LogP) is 3.22. The number of aryl methyl sites for hydroxylation is 1. The van der Waals surface area contributed by atoms with Crippen molar-refractivity contribution in [3.8, 4) is 11.5 Å². The molecule has 0 fully saturated rings. The molecule has 0 bridgehead atoms. The van der Waals surface area contributed by atoms with Crippen LogP contribution in [-0.2, 0) is 27.3 Å². The fraction of sp³-hybridized carbons (Fsp3) is 0.407. The summed E-state index contributed by atoms with van der Waals surface area (Å²) in [5.74, 6) is 0.561. The van der Waals surface area contributed by atoms with Gasteiger partial charge in [-0.3, -0.25) is 19.0 Å². The summed E-state index contributed by atoms with van der Waals surface area (Å²) in [5.41, 5.74) is 2.66. The average molecular weight is 496 g/mol. The number of carbonyl (C=O) groups is 2. The van der Waals surface area contributed by atoms with Crippen LogP contribution in [0.3, 0.4) is 0 Å². The van der Waals surface area contributed by atoms with E-state index in [4.69, 9.17) is 14.2 Å². The van der Waals surface area contributed by atoms with Crippen molar-refractivity contribution in [3.05, 3.63) is 64.2 Å². The lowest BCUT2D eigenvalue weighted by Gasteiger charge is -2.10. The molecule has 0 saturated carbocycles. The first-order valence-electron chi connectivity index (χ1n) is 11.9. The van der Waals surface area contributed by atoms with E-state index in [9.17, 15) is 14.4 Å². The van der Waals surface area contributed by atoms with Gasteiger partial charge in [-0.25, -0.2) is 4.98 Å². The van der Waals surface area contributed by atoms with Gasteiger partial charge in [0.05, 0.1) is 31.4 Å². The molecule has 0 radical (unpaired) electrons. The van der Waals surface area contributed by atoms with Crippen molar-refractivity contribution in [1.82, 2.24) is 14.9 Å². The van der Waals surface area contributed by atoms with E-state index in [1.165, 1.54) is 30.7 Å². The molecular weight excluding hydrogens is 462 g/mol. The van der Waals surface area contributed by atoms with Gasteiger partial charge >= 0.3 is 5.97 Å². The third kappa shape index (κ3) is 7.07. The van der Waals surface area contributed by atoms with Crippen molar-refractivity contribution in [3.63, 3.8) is 0 Å². The van der Waals surface area contributed by atoms with Crippen LogP contribution in [0.15, 0.2) is 47.5 Å². The third-order valence-electron chi connectivity index (χ3n) is 5.86. The number of ether oxygens (including phenoxy) is 3. The van der Waals surface area contributed by atoms with Crippen LogP contribution < -0.4 is 20.3 Å². The zero-order chi connectivity index (χ0) is 26.1. The molecule has 0 unspecified atom stereocenters. The van der Waals surface area contributed by atoms with Gasteiger partial charge < -0.3 is 19.5 Å². The molecular formula is C27H33N3O6. The molecule has 0 aliphatic rings. The lowest BCUT2D eigenvalue weighted by Crippen LogP contribution is -2.30. The molecule has 0 saturated heterocycles. The number of hydrogen-bond donors (Lipinski definition) is 1. The molecule has 0 spiro atoms. The van der Waals surface area contributed by atoms with Crippen LogP contribution in [0.5, 0.6) is 11.5 Å². The summed E-state index contributed by atoms with van der Waals surface area (Å²) >= 11 is 0. The van der Waals surface area contributed by atoms with Gasteiger partial charge in [-0.15, -0.1) is 0 Å². The first kappa shape index (κ1) is 26.7. The first-order chi connectivity index (χ1) is 17.3. The number of fused-ring (bicyclic) bond motifs is 1. The molecule has 0 aliphatic heterocycles. The van der Waals surface area contributed by atoms with Crippen LogP contribution in [0.2, 0.25) is 0 Å². The number of aromatic nitrogens is 2. The number of nitrogens with zero attached hydrogens (tertiary/aromatic N) is 2. The summed E-state index contributed by atoms with van der Waals surface area (Å²) in [5, 5.41) is 3.15. The third-order valence-corrected chi connectivity index (χ3v) is 5.86. The lowest BCUT2D eigenvalue weighted by atomic mass is 10.0. The zero-order valence-corrected chi connectivity index (χ0v) is 21.2. The molecule has 1 amide bonds. The molecule has 3 rings (SSSR count). The highest BCUT2D eigenvalue weighted by Crippen LogP contribution is 2.29. The highest BCUT2D eigenvalue weighted by Gasteiger charge is 2.12. The summed E-state index contributed by atoms with van der Waals surface area (Å²) in [6.45, 7) is 4.71. The van der Waals surface area contributed by atoms with Crippen LogP contribution in [-0.4, -0.2) is 48.8 Å². The Morgan fingerprint density at radius 1 is 1.06 bits per heavy atom. The van der Waals surface area contributed by atoms with E-state index in [0.717, 1.165) is 5.56 Å². The maximum Gasteiger partial charge on any atom is 0.306 e. The monoisotopic (exact) mass is 495 g/mol. The van der Waals surface area contributed by atoms with Crippen molar-refractivity contribution in [2.45, 2.75) is 45.6 Å². The molecule has 1 N–H and O–H groups in total. The second-order valence-electron chi connectivity index (χ2n) is 8.73. The lowest BCUT2D eigenvalue weighted by molar-refractivity contribution is -0.148. The normalized spacial score (nSPS) is 10.9.